The van der Waals surface area contributed by atoms with Gasteiger partial charge in [0.1, 0.15) is 0 Å². The maximum absolute atomic E-state index is 12.5. The summed E-state index contributed by atoms with van der Waals surface area (Å²) < 4.78 is 4.72. The van der Waals surface area contributed by atoms with Crippen LogP contribution in [0, 0.1) is 0 Å². The summed E-state index contributed by atoms with van der Waals surface area (Å²) in [5, 5.41) is 3.93. The van der Waals surface area contributed by atoms with Gasteiger partial charge in [-0.25, -0.2) is 4.79 Å². The molecule has 0 aliphatic rings. The molecule has 0 aliphatic heterocycles. The van der Waals surface area contributed by atoms with Gasteiger partial charge in [0, 0.05) is 16.6 Å². The van der Waals surface area contributed by atoms with E-state index in [9.17, 15) is 9.59 Å². The van der Waals surface area contributed by atoms with E-state index in [0.717, 1.165) is 10.9 Å². The third-order valence-electron chi connectivity index (χ3n) is 3.49. The van der Waals surface area contributed by atoms with Crippen LogP contribution >= 0.6 is 11.6 Å². The number of para-hydroxylation sites is 1. The molecule has 0 saturated carbocycles. The molecule has 0 fully saturated rings. The van der Waals surface area contributed by atoms with Gasteiger partial charge in [-0.3, -0.25) is 9.78 Å². The number of hydrogen-bond acceptors (Lipinski definition) is 4. The SMILES string of the molecule is COC(=O)c1cc(Cl)ccc1NC(=O)c1cnc2ccccc2c1. The number of methoxy groups -OCH3 is 1. The number of ether oxygens (including phenoxy) is 1. The molecule has 1 aromatic heterocycles. The first-order chi connectivity index (χ1) is 11.6. The molecule has 0 spiro atoms. The smallest absolute Gasteiger partial charge is 0.340 e. The number of fused-ring (bicyclic) bond motifs is 1. The highest BCUT2D eigenvalue weighted by Crippen LogP contribution is 2.22. The topological polar surface area (TPSA) is 68.3 Å². The molecule has 0 atom stereocenters. The fourth-order valence-electron chi connectivity index (χ4n) is 2.29. The fraction of sp³-hybridized carbons (Fsp3) is 0.0556. The Morgan fingerprint density at radius 1 is 1.12 bits per heavy atom. The molecule has 1 heterocycles. The summed E-state index contributed by atoms with van der Waals surface area (Å²) in [6.07, 6.45) is 1.49. The van der Waals surface area contributed by atoms with Gasteiger partial charge in [-0.2, -0.15) is 0 Å². The predicted molar refractivity (Wildman–Crippen MR) is 92.5 cm³/mol. The van der Waals surface area contributed by atoms with Crippen LogP contribution in [0.5, 0.6) is 0 Å². The van der Waals surface area contributed by atoms with Gasteiger partial charge < -0.3 is 10.1 Å². The maximum Gasteiger partial charge on any atom is 0.340 e. The van der Waals surface area contributed by atoms with Crippen LogP contribution in [0.3, 0.4) is 0 Å². The zero-order valence-electron chi connectivity index (χ0n) is 12.7. The number of amides is 1. The number of esters is 1. The molecule has 1 N–H and O–H groups in total. The van der Waals surface area contributed by atoms with E-state index in [0.29, 0.717) is 16.3 Å². The second-order valence-corrected chi connectivity index (χ2v) is 5.49. The van der Waals surface area contributed by atoms with Crippen molar-refractivity contribution in [1.82, 2.24) is 4.98 Å². The number of benzene rings is 2. The molecule has 0 radical (unpaired) electrons. The number of carbonyl (C=O) groups excluding carboxylic acids is 2. The van der Waals surface area contributed by atoms with Crippen molar-refractivity contribution < 1.29 is 14.3 Å². The molecule has 3 rings (SSSR count). The monoisotopic (exact) mass is 340 g/mol. The highest BCUT2D eigenvalue weighted by molar-refractivity contribution is 6.31. The van der Waals surface area contributed by atoms with Crippen molar-refractivity contribution >= 4 is 40.1 Å². The van der Waals surface area contributed by atoms with Crippen molar-refractivity contribution in [3.8, 4) is 0 Å². The molecule has 6 heteroatoms. The van der Waals surface area contributed by atoms with Crippen molar-refractivity contribution in [2.45, 2.75) is 0 Å². The van der Waals surface area contributed by atoms with Crippen molar-refractivity contribution in [2.24, 2.45) is 0 Å². The summed E-state index contributed by atoms with van der Waals surface area (Å²) in [6.45, 7) is 0. The van der Waals surface area contributed by atoms with Crippen LogP contribution in [0.4, 0.5) is 5.69 Å². The number of carbonyl (C=O) groups is 2. The third kappa shape index (κ3) is 3.21. The lowest BCUT2D eigenvalue weighted by molar-refractivity contribution is 0.0602. The average molecular weight is 341 g/mol. The van der Waals surface area contributed by atoms with Crippen molar-refractivity contribution in [3.05, 3.63) is 70.9 Å². The molecule has 5 nitrogen and oxygen atoms in total. The predicted octanol–water partition coefficient (Wildman–Crippen LogP) is 3.93. The molecule has 3 aromatic rings. The zero-order chi connectivity index (χ0) is 17.1. The van der Waals surface area contributed by atoms with Gasteiger partial charge in [0.15, 0.2) is 0 Å². The number of nitrogens with zero attached hydrogens (tertiary/aromatic N) is 1. The third-order valence-corrected chi connectivity index (χ3v) is 3.72. The summed E-state index contributed by atoms with van der Waals surface area (Å²) >= 11 is 5.91. The number of nitrogens with one attached hydrogen (secondary N) is 1. The Bertz CT molecular complexity index is 940. The number of anilines is 1. The minimum Gasteiger partial charge on any atom is -0.465 e. The number of halogens is 1. The van der Waals surface area contributed by atoms with Gasteiger partial charge >= 0.3 is 5.97 Å². The van der Waals surface area contributed by atoms with E-state index >= 15 is 0 Å². The van der Waals surface area contributed by atoms with Crippen LogP contribution < -0.4 is 5.32 Å². The highest BCUT2D eigenvalue weighted by Gasteiger charge is 2.16. The first kappa shape index (κ1) is 16.0. The highest BCUT2D eigenvalue weighted by atomic mass is 35.5. The quantitative estimate of drug-likeness (QED) is 0.733. The molecule has 0 aliphatic carbocycles. The minimum atomic E-state index is -0.579. The molecule has 24 heavy (non-hydrogen) atoms. The van der Waals surface area contributed by atoms with Gasteiger partial charge in [0.05, 0.1) is 29.4 Å². The Kier molecular flexibility index (Phi) is 4.44. The molecule has 2 aromatic carbocycles. The molecular weight excluding hydrogens is 328 g/mol. The lowest BCUT2D eigenvalue weighted by Gasteiger charge is -2.10. The van der Waals surface area contributed by atoms with Crippen LogP contribution in [0.25, 0.3) is 10.9 Å². The number of rotatable bonds is 3. The molecule has 0 bridgehead atoms. The van der Waals surface area contributed by atoms with Crippen molar-refractivity contribution in [1.29, 1.82) is 0 Å². The first-order valence-corrected chi connectivity index (χ1v) is 7.50. The fourth-order valence-corrected chi connectivity index (χ4v) is 2.47. The van der Waals surface area contributed by atoms with Crippen LogP contribution in [0.15, 0.2) is 54.7 Å². The van der Waals surface area contributed by atoms with Crippen molar-refractivity contribution in [2.75, 3.05) is 12.4 Å². The molecule has 120 valence electrons. The summed E-state index contributed by atoms with van der Waals surface area (Å²) in [7, 11) is 1.27. The Hall–Kier alpha value is -2.92. The van der Waals surface area contributed by atoms with Gasteiger partial charge in [0.25, 0.3) is 5.91 Å². The Morgan fingerprint density at radius 3 is 2.71 bits per heavy atom. The molecule has 0 saturated heterocycles. The van der Waals surface area contributed by atoms with Crippen LogP contribution in [-0.2, 0) is 4.74 Å². The molecule has 0 unspecified atom stereocenters. The normalized spacial score (nSPS) is 10.4. The standard InChI is InChI=1S/C18H13ClN2O3/c1-24-18(23)14-9-13(19)6-7-16(14)21-17(22)12-8-11-4-2-3-5-15(11)20-10-12/h2-10H,1H3,(H,21,22). The van der Waals surface area contributed by atoms with Gasteiger partial charge in [-0.05, 0) is 30.3 Å². The van der Waals surface area contributed by atoms with E-state index in [-0.39, 0.29) is 11.5 Å². The van der Waals surface area contributed by atoms with Gasteiger partial charge in [-0.15, -0.1) is 0 Å². The van der Waals surface area contributed by atoms with Gasteiger partial charge in [-0.1, -0.05) is 29.8 Å². The van der Waals surface area contributed by atoms with Crippen molar-refractivity contribution in [3.63, 3.8) is 0 Å². The molecule has 1 amide bonds. The summed E-state index contributed by atoms with van der Waals surface area (Å²) in [5.74, 6) is -0.954. The first-order valence-electron chi connectivity index (χ1n) is 7.12. The average Bonchev–Trinajstić information content (AvgIpc) is 2.62. The van der Waals surface area contributed by atoms with E-state index in [4.69, 9.17) is 16.3 Å². The summed E-state index contributed by atoms with van der Waals surface area (Å²) in [5.41, 5.74) is 1.70. The number of aromatic nitrogens is 1. The summed E-state index contributed by atoms with van der Waals surface area (Å²) in [6, 6.07) is 13.8. The maximum atomic E-state index is 12.5. The second-order valence-electron chi connectivity index (χ2n) is 5.05. The van der Waals surface area contributed by atoms with E-state index in [1.807, 2.05) is 24.3 Å². The van der Waals surface area contributed by atoms with Gasteiger partial charge in [0.2, 0.25) is 0 Å². The lowest BCUT2D eigenvalue weighted by Crippen LogP contribution is -2.15. The lowest BCUT2D eigenvalue weighted by atomic mass is 10.1. The van der Waals surface area contributed by atoms with E-state index < -0.39 is 5.97 Å². The Morgan fingerprint density at radius 2 is 1.92 bits per heavy atom. The zero-order valence-corrected chi connectivity index (χ0v) is 13.5. The number of hydrogen-bond donors (Lipinski definition) is 1. The molecular formula is C18H13ClN2O3. The minimum absolute atomic E-state index is 0.187. The summed E-state index contributed by atoms with van der Waals surface area (Å²) in [4.78, 5) is 28.6. The van der Waals surface area contributed by atoms with Crippen LogP contribution in [0.1, 0.15) is 20.7 Å². The van der Waals surface area contributed by atoms with E-state index in [1.165, 1.54) is 19.4 Å². The van der Waals surface area contributed by atoms with Crippen LogP contribution in [-0.4, -0.2) is 24.0 Å². The largest absolute Gasteiger partial charge is 0.465 e. The Balaban J connectivity index is 1.92. The van der Waals surface area contributed by atoms with E-state index in [1.54, 1.807) is 18.2 Å². The second kappa shape index (κ2) is 6.68. The number of pyridine rings is 1. The van der Waals surface area contributed by atoms with E-state index in [2.05, 4.69) is 10.3 Å². The Labute approximate surface area is 143 Å². The van der Waals surface area contributed by atoms with Crippen LogP contribution in [0.2, 0.25) is 5.02 Å².